The number of hydrogen-bond acceptors (Lipinski definition) is 4. The Hall–Kier alpha value is -1.27. The van der Waals surface area contributed by atoms with Crippen molar-refractivity contribution in [1.29, 1.82) is 0 Å². The number of nitrogens with one attached hydrogen (secondary N) is 1. The third kappa shape index (κ3) is 2.15. The lowest BCUT2D eigenvalue weighted by molar-refractivity contribution is 0.415. The Balaban J connectivity index is 3.28. The lowest BCUT2D eigenvalue weighted by atomic mass is 10.3. The van der Waals surface area contributed by atoms with Crippen LogP contribution in [0.25, 0.3) is 0 Å². The maximum Gasteiger partial charge on any atom is 0.238 e. The summed E-state index contributed by atoms with van der Waals surface area (Å²) in [5.74, 6) is 0.444. The second-order valence-electron chi connectivity index (χ2n) is 2.66. The number of sulfonamides is 1. The van der Waals surface area contributed by atoms with E-state index >= 15 is 0 Å². The molecule has 3 N–H and O–H groups in total. The maximum atomic E-state index is 11.0. The van der Waals surface area contributed by atoms with Gasteiger partial charge in [0.15, 0.2) is 0 Å². The topological polar surface area (TPSA) is 81.4 Å². The Morgan fingerprint density at radius 3 is 2.50 bits per heavy atom. The van der Waals surface area contributed by atoms with E-state index in [4.69, 9.17) is 9.88 Å². The van der Waals surface area contributed by atoms with Gasteiger partial charge in [-0.25, -0.2) is 13.6 Å². The van der Waals surface area contributed by atoms with Crippen LogP contribution in [-0.2, 0) is 10.0 Å². The summed E-state index contributed by atoms with van der Waals surface area (Å²) in [5, 5.41) is 7.83. The van der Waals surface area contributed by atoms with E-state index in [9.17, 15) is 8.42 Å². The second kappa shape index (κ2) is 3.85. The molecule has 78 valence electrons. The number of nitrogens with two attached hydrogens (primary N) is 1. The first-order chi connectivity index (χ1) is 6.49. The van der Waals surface area contributed by atoms with Gasteiger partial charge < -0.3 is 10.1 Å². The third-order valence-electron chi connectivity index (χ3n) is 1.77. The van der Waals surface area contributed by atoms with Crippen molar-refractivity contribution in [3.63, 3.8) is 0 Å². The van der Waals surface area contributed by atoms with E-state index in [-0.39, 0.29) is 4.90 Å². The number of anilines is 1. The van der Waals surface area contributed by atoms with E-state index in [2.05, 4.69) is 5.32 Å². The normalized spacial score (nSPS) is 11.1. The van der Waals surface area contributed by atoms with Gasteiger partial charge in [0.25, 0.3) is 0 Å². The molecule has 0 saturated carbocycles. The van der Waals surface area contributed by atoms with Crippen LogP contribution in [0.1, 0.15) is 0 Å². The molecular weight excluding hydrogens is 204 g/mol. The predicted molar refractivity (Wildman–Crippen MR) is 53.9 cm³/mol. The fourth-order valence-corrected chi connectivity index (χ4v) is 1.58. The summed E-state index contributed by atoms with van der Waals surface area (Å²) in [6.45, 7) is 0. The van der Waals surface area contributed by atoms with E-state index in [0.29, 0.717) is 11.4 Å². The molecular formula is C8H12N2O3S. The average Bonchev–Trinajstić information content (AvgIpc) is 2.15. The van der Waals surface area contributed by atoms with Crippen LogP contribution in [0.15, 0.2) is 23.1 Å². The van der Waals surface area contributed by atoms with Crippen LogP contribution in [0.5, 0.6) is 5.75 Å². The molecule has 1 aromatic carbocycles. The predicted octanol–water partition coefficient (Wildman–Crippen LogP) is 0.384. The minimum absolute atomic E-state index is 0.0355. The Morgan fingerprint density at radius 2 is 2.07 bits per heavy atom. The first-order valence-corrected chi connectivity index (χ1v) is 5.42. The standard InChI is InChI=1S/C8H12N2O3S/c1-10-7-4-3-6(14(9,11)12)5-8(7)13-2/h3-5,10H,1-2H3,(H2,9,11,12). The first-order valence-electron chi connectivity index (χ1n) is 3.87. The van der Waals surface area contributed by atoms with Crippen molar-refractivity contribution >= 4 is 15.7 Å². The number of ether oxygens (including phenoxy) is 1. The van der Waals surface area contributed by atoms with Crippen LogP contribution < -0.4 is 15.2 Å². The summed E-state index contributed by atoms with van der Waals surface area (Å²) in [5.41, 5.74) is 0.708. The summed E-state index contributed by atoms with van der Waals surface area (Å²) in [4.78, 5) is 0.0355. The fraction of sp³-hybridized carbons (Fsp3) is 0.250. The molecule has 5 nitrogen and oxygen atoms in total. The molecule has 1 rings (SSSR count). The molecule has 0 aliphatic carbocycles. The van der Waals surface area contributed by atoms with E-state index in [1.54, 1.807) is 13.1 Å². The van der Waals surface area contributed by atoms with E-state index in [1.807, 2.05) is 0 Å². The summed E-state index contributed by atoms with van der Waals surface area (Å²) in [6.07, 6.45) is 0. The van der Waals surface area contributed by atoms with Crippen LogP contribution in [0.4, 0.5) is 5.69 Å². The lowest BCUT2D eigenvalue weighted by Crippen LogP contribution is -2.12. The lowest BCUT2D eigenvalue weighted by Gasteiger charge is -2.08. The molecule has 0 amide bonds. The van der Waals surface area contributed by atoms with Crippen molar-refractivity contribution in [2.75, 3.05) is 19.5 Å². The molecule has 0 spiro atoms. The van der Waals surface area contributed by atoms with Gasteiger partial charge in [0.2, 0.25) is 10.0 Å². The largest absolute Gasteiger partial charge is 0.495 e. The molecule has 0 bridgehead atoms. The highest BCUT2D eigenvalue weighted by atomic mass is 32.2. The van der Waals surface area contributed by atoms with Crippen LogP contribution in [-0.4, -0.2) is 22.6 Å². The summed E-state index contributed by atoms with van der Waals surface area (Å²) in [7, 11) is -0.490. The van der Waals surface area contributed by atoms with Crippen molar-refractivity contribution in [1.82, 2.24) is 0 Å². The Kier molecular flexibility index (Phi) is 2.97. The molecule has 0 saturated heterocycles. The van der Waals surface area contributed by atoms with Crippen LogP contribution >= 0.6 is 0 Å². The first kappa shape index (κ1) is 10.8. The van der Waals surface area contributed by atoms with E-state index in [0.717, 1.165) is 0 Å². The van der Waals surface area contributed by atoms with Crippen LogP contribution in [0.3, 0.4) is 0 Å². The quantitative estimate of drug-likeness (QED) is 0.765. The number of rotatable bonds is 3. The van der Waals surface area contributed by atoms with E-state index in [1.165, 1.54) is 19.2 Å². The summed E-state index contributed by atoms with van der Waals surface area (Å²) >= 11 is 0. The zero-order valence-corrected chi connectivity index (χ0v) is 8.76. The molecule has 0 unspecified atom stereocenters. The van der Waals surface area contributed by atoms with Gasteiger partial charge in [0, 0.05) is 13.1 Å². The van der Waals surface area contributed by atoms with Crippen molar-refractivity contribution in [3.8, 4) is 5.75 Å². The summed E-state index contributed by atoms with van der Waals surface area (Å²) < 4.78 is 27.0. The van der Waals surface area contributed by atoms with E-state index < -0.39 is 10.0 Å². The molecule has 0 atom stereocenters. The Morgan fingerprint density at radius 1 is 1.43 bits per heavy atom. The zero-order valence-electron chi connectivity index (χ0n) is 7.94. The molecule has 1 aromatic rings. The number of methoxy groups -OCH3 is 1. The molecule has 0 fully saturated rings. The van der Waals surface area contributed by atoms with Gasteiger partial charge in [-0.05, 0) is 12.1 Å². The fourth-order valence-electron chi connectivity index (χ4n) is 1.06. The van der Waals surface area contributed by atoms with Crippen molar-refractivity contribution < 1.29 is 13.2 Å². The maximum absolute atomic E-state index is 11.0. The van der Waals surface area contributed by atoms with Crippen molar-refractivity contribution in [2.45, 2.75) is 4.90 Å². The molecule has 14 heavy (non-hydrogen) atoms. The third-order valence-corrected chi connectivity index (χ3v) is 2.68. The SMILES string of the molecule is CNc1ccc(S(N)(=O)=O)cc1OC. The van der Waals surface area contributed by atoms with Crippen molar-refractivity contribution in [3.05, 3.63) is 18.2 Å². The smallest absolute Gasteiger partial charge is 0.238 e. The average molecular weight is 216 g/mol. The van der Waals surface area contributed by atoms with Crippen LogP contribution in [0.2, 0.25) is 0 Å². The highest BCUT2D eigenvalue weighted by Crippen LogP contribution is 2.26. The minimum Gasteiger partial charge on any atom is -0.495 e. The molecule has 0 heterocycles. The second-order valence-corrected chi connectivity index (χ2v) is 4.22. The van der Waals surface area contributed by atoms with Gasteiger partial charge >= 0.3 is 0 Å². The summed E-state index contributed by atoms with van der Waals surface area (Å²) in [6, 6.07) is 4.39. The highest BCUT2D eigenvalue weighted by Gasteiger charge is 2.10. The Bertz CT molecular complexity index is 428. The van der Waals surface area contributed by atoms with Crippen LogP contribution in [0, 0.1) is 0 Å². The molecule has 0 radical (unpaired) electrons. The van der Waals surface area contributed by atoms with Gasteiger partial charge in [-0.15, -0.1) is 0 Å². The molecule has 6 heteroatoms. The van der Waals surface area contributed by atoms with Gasteiger partial charge in [-0.3, -0.25) is 0 Å². The van der Waals surface area contributed by atoms with Gasteiger partial charge in [-0.2, -0.15) is 0 Å². The van der Waals surface area contributed by atoms with Gasteiger partial charge in [0.05, 0.1) is 17.7 Å². The monoisotopic (exact) mass is 216 g/mol. The number of primary sulfonamides is 1. The van der Waals surface area contributed by atoms with Gasteiger partial charge in [0.1, 0.15) is 5.75 Å². The molecule has 0 aliphatic rings. The van der Waals surface area contributed by atoms with Crippen molar-refractivity contribution in [2.24, 2.45) is 5.14 Å². The zero-order chi connectivity index (χ0) is 10.8. The minimum atomic E-state index is -3.67. The Labute approximate surface area is 82.9 Å². The highest BCUT2D eigenvalue weighted by molar-refractivity contribution is 7.89. The van der Waals surface area contributed by atoms with Gasteiger partial charge in [-0.1, -0.05) is 0 Å². The molecule has 0 aromatic heterocycles. The number of hydrogen-bond donors (Lipinski definition) is 2. The molecule has 0 aliphatic heterocycles. The number of benzene rings is 1.